The summed E-state index contributed by atoms with van der Waals surface area (Å²) in [6, 6.07) is 0. The molecule has 0 bridgehead atoms. The molecule has 1 atom stereocenters. The molecule has 2 aliphatic rings. The lowest BCUT2D eigenvalue weighted by Crippen LogP contribution is -2.54. The third-order valence-corrected chi connectivity index (χ3v) is 4.79. The lowest BCUT2D eigenvalue weighted by molar-refractivity contribution is -0.127. The van der Waals surface area contributed by atoms with Crippen LogP contribution >= 0.6 is 0 Å². The van der Waals surface area contributed by atoms with Crippen molar-refractivity contribution in [1.82, 2.24) is 4.90 Å². The Bertz CT molecular complexity index is 266. The molecule has 1 unspecified atom stereocenters. The number of Topliss-reactive ketones (excluding diaryl/α,β-unsaturated/α-hetero) is 1. The van der Waals surface area contributed by atoms with Gasteiger partial charge in [-0.2, -0.15) is 0 Å². The summed E-state index contributed by atoms with van der Waals surface area (Å²) in [4.78, 5) is 14.1. The number of carbonyl (C=O) groups excluding carboxylic acids is 1. The number of likely N-dealkylation sites (tertiary alicyclic amines) is 1. The zero-order valence-electron chi connectivity index (χ0n) is 11.0. The van der Waals surface area contributed by atoms with Gasteiger partial charge in [-0.25, -0.2) is 0 Å². The molecule has 0 aromatic heterocycles. The van der Waals surface area contributed by atoms with Crippen molar-refractivity contribution in [3.8, 4) is 0 Å². The number of nitrogens with zero attached hydrogens (tertiary/aromatic N) is 1. The molecule has 1 aliphatic carbocycles. The first-order valence-electron chi connectivity index (χ1n) is 6.79. The van der Waals surface area contributed by atoms with E-state index in [2.05, 4.69) is 25.7 Å². The van der Waals surface area contributed by atoms with Crippen LogP contribution in [0.4, 0.5) is 0 Å². The average molecular weight is 223 g/mol. The first kappa shape index (κ1) is 12.1. The molecule has 1 aliphatic heterocycles. The quantitative estimate of drug-likeness (QED) is 0.681. The fourth-order valence-electron chi connectivity index (χ4n) is 3.21. The predicted molar refractivity (Wildman–Crippen MR) is 66.4 cm³/mol. The van der Waals surface area contributed by atoms with Gasteiger partial charge in [0.25, 0.3) is 0 Å². The molecule has 2 fully saturated rings. The van der Waals surface area contributed by atoms with Crippen molar-refractivity contribution in [1.29, 1.82) is 0 Å². The van der Waals surface area contributed by atoms with E-state index in [0.29, 0.717) is 11.3 Å². The van der Waals surface area contributed by atoms with Crippen LogP contribution in [-0.4, -0.2) is 29.3 Å². The maximum Gasteiger partial charge on any atom is 0.138 e. The van der Waals surface area contributed by atoms with Gasteiger partial charge in [0, 0.05) is 31.0 Å². The second kappa shape index (κ2) is 4.48. The van der Waals surface area contributed by atoms with E-state index in [1.165, 1.54) is 25.7 Å². The van der Waals surface area contributed by atoms with Crippen molar-refractivity contribution in [2.75, 3.05) is 13.1 Å². The van der Waals surface area contributed by atoms with E-state index in [-0.39, 0.29) is 5.92 Å². The molecule has 0 radical (unpaired) electrons. The van der Waals surface area contributed by atoms with Gasteiger partial charge in [0.1, 0.15) is 5.78 Å². The predicted octanol–water partition coefficient (Wildman–Crippen LogP) is 2.87. The van der Waals surface area contributed by atoms with Gasteiger partial charge in [0.2, 0.25) is 0 Å². The zero-order valence-corrected chi connectivity index (χ0v) is 11.0. The van der Waals surface area contributed by atoms with E-state index in [0.717, 1.165) is 25.4 Å². The van der Waals surface area contributed by atoms with Crippen LogP contribution in [0.15, 0.2) is 0 Å². The highest BCUT2D eigenvalue weighted by Gasteiger charge is 2.38. The van der Waals surface area contributed by atoms with E-state index < -0.39 is 0 Å². The van der Waals surface area contributed by atoms with Crippen LogP contribution in [0.1, 0.15) is 52.9 Å². The molecule has 0 aromatic rings. The summed E-state index contributed by atoms with van der Waals surface area (Å²) in [6.07, 6.45) is 6.11. The molecule has 0 amide bonds. The van der Waals surface area contributed by atoms with Crippen molar-refractivity contribution in [3.63, 3.8) is 0 Å². The van der Waals surface area contributed by atoms with Crippen molar-refractivity contribution in [2.24, 2.45) is 11.8 Å². The van der Waals surface area contributed by atoms with Crippen molar-refractivity contribution in [2.45, 2.75) is 58.4 Å². The monoisotopic (exact) mass is 223 g/mol. The van der Waals surface area contributed by atoms with Crippen LogP contribution < -0.4 is 0 Å². The normalized spacial score (nSPS) is 42.3. The Balaban J connectivity index is 1.99. The van der Waals surface area contributed by atoms with Gasteiger partial charge in [-0.3, -0.25) is 9.69 Å². The number of hydrogen-bond donors (Lipinski definition) is 0. The molecule has 1 saturated carbocycles. The Morgan fingerprint density at radius 1 is 1.25 bits per heavy atom. The summed E-state index contributed by atoms with van der Waals surface area (Å²) in [7, 11) is 0. The SMILES string of the molecule is CC1CCC(C)(N2CCC(=O)C(C)C2)CC1. The topological polar surface area (TPSA) is 20.3 Å². The van der Waals surface area contributed by atoms with Gasteiger partial charge >= 0.3 is 0 Å². The van der Waals surface area contributed by atoms with E-state index in [1.807, 2.05) is 0 Å². The van der Waals surface area contributed by atoms with E-state index in [1.54, 1.807) is 0 Å². The van der Waals surface area contributed by atoms with Gasteiger partial charge in [-0.05, 0) is 38.5 Å². The lowest BCUT2D eigenvalue weighted by atomic mass is 9.76. The molecule has 2 rings (SSSR count). The smallest absolute Gasteiger partial charge is 0.138 e. The maximum atomic E-state index is 11.6. The molecule has 0 aromatic carbocycles. The number of hydrogen-bond acceptors (Lipinski definition) is 2. The maximum absolute atomic E-state index is 11.6. The first-order valence-corrected chi connectivity index (χ1v) is 6.79. The third kappa shape index (κ3) is 2.32. The molecule has 1 heterocycles. The highest BCUT2D eigenvalue weighted by atomic mass is 16.1. The highest BCUT2D eigenvalue weighted by molar-refractivity contribution is 5.81. The van der Waals surface area contributed by atoms with Crippen LogP contribution in [0.5, 0.6) is 0 Å². The Kier molecular flexibility index (Phi) is 3.39. The molecule has 0 spiro atoms. The van der Waals surface area contributed by atoms with E-state index >= 15 is 0 Å². The Morgan fingerprint density at radius 3 is 2.44 bits per heavy atom. The highest BCUT2D eigenvalue weighted by Crippen LogP contribution is 2.37. The van der Waals surface area contributed by atoms with Gasteiger partial charge in [0.15, 0.2) is 0 Å². The lowest BCUT2D eigenvalue weighted by Gasteiger charge is -2.48. The van der Waals surface area contributed by atoms with E-state index in [4.69, 9.17) is 0 Å². The van der Waals surface area contributed by atoms with Gasteiger partial charge in [0.05, 0.1) is 0 Å². The summed E-state index contributed by atoms with van der Waals surface area (Å²) >= 11 is 0. The number of rotatable bonds is 1. The average Bonchev–Trinajstić information content (AvgIpc) is 2.26. The second-order valence-corrected chi connectivity index (χ2v) is 6.24. The van der Waals surface area contributed by atoms with Crippen LogP contribution in [0, 0.1) is 11.8 Å². The second-order valence-electron chi connectivity index (χ2n) is 6.24. The van der Waals surface area contributed by atoms with Gasteiger partial charge in [-0.15, -0.1) is 0 Å². The van der Waals surface area contributed by atoms with Gasteiger partial charge in [-0.1, -0.05) is 13.8 Å². The largest absolute Gasteiger partial charge is 0.299 e. The Morgan fingerprint density at radius 2 is 1.88 bits per heavy atom. The summed E-state index contributed by atoms with van der Waals surface area (Å²) in [5.41, 5.74) is 0.376. The van der Waals surface area contributed by atoms with E-state index in [9.17, 15) is 4.79 Å². The fraction of sp³-hybridized carbons (Fsp3) is 0.929. The van der Waals surface area contributed by atoms with Crippen molar-refractivity contribution in [3.05, 3.63) is 0 Å². The molecule has 0 N–H and O–H groups in total. The molecule has 92 valence electrons. The third-order valence-electron chi connectivity index (χ3n) is 4.79. The first-order chi connectivity index (χ1) is 7.51. The van der Waals surface area contributed by atoms with Gasteiger partial charge < -0.3 is 0 Å². The summed E-state index contributed by atoms with van der Waals surface area (Å²) < 4.78 is 0. The zero-order chi connectivity index (χ0) is 11.8. The number of piperidine rings is 1. The Labute approximate surface area is 99.4 Å². The molecule has 2 heteroatoms. The van der Waals surface area contributed by atoms with Crippen LogP contribution in [0.3, 0.4) is 0 Å². The fourth-order valence-corrected chi connectivity index (χ4v) is 3.21. The standard InChI is InChI=1S/C14H25NO/c1-11-4-7-14(3,8-5-11)15-9-6-13(16)12(2)10-15/h11-12H,4-10H2,1-3H3. The molecule has 16 heavy (non-hydrogen) atoms. The minimum absolute atomic E-state index is 0.255. The summed E-state index contributed by atoms with van der Waals surface area (Å²) in [5.74, 6) is 1.62. The molecular weight excluding hydrogens is 198 g/mol. The molecule has 1 saturated heterocycles. The van der Waals surface area contributed by atoms with Crippen LogP contribution in [-0.2, 0) is 4.79 Å². The molecule has 2 nitrogen and oxygen atoms in total. The number of carbonyl (C=O) groups is 1. The Hall–Kier alpha value is -0.370. The van der Waals surface area contributed by atoms with Crippen LogP contribution in [0.2, 0.25) is 0 Å². The minimum atomic E-state index is 0.255. The van der Waals surface area contributed by atoms with Crippen LogP contribution in [0.25, 0.3) is 0 Å². The summed E-state index contributed by atoms with van der Waals surface area (Å²) in [6.45, 7) is 8.84. The van der Waals surface area contributed by atoms with Crippen molar-refractivity contribution >= 4 is 5.78 Å². The summed E-state index contributed by atoms with van der Waals surface area (Å²) in [5, 5.41) is 0. The minimum Gasteiger partial charge on any atom is -0.299 e. The number of ketones is 1. The van der Waals surface area contributed by atoms with Crippen molar-refractivity contribution < 1.29 is 4.79 Å². The molecular formula is C14H25NO.